The first-order chi connectivity index (χ1) is 13.6. The number of aliphatic hydroxyl groups is 1. The van der Waals surface area contributed by atoms with Crippen LogP contribution in [-0.2, 0) is 14.3 Å². The van der Waals surface area contributed by atoms with Crippen LogP contribution in [0.4, 0.5) is 0 Å². The summed E-state index contributed by atoms with van der Waals surface area (Å²) >= 11 is 0. The topological polar surface area (TPSA) is 63.6 Å². The normalized spacial score (nSPS) is 66.5. The molecule has 7 rings (SSSR count). The van der Waals surface area contributed by atoms with Crippen molar-refractivity contribution >= 4 is 11.8 Å². The second kappa shape index (κ2) is 4.64. The summed E-state index contributed by atoms with van der Waals surface area (Å²) in [6.45, 7) is 7.05. The Kier molecular flexibility index (Phi) is 2.84. The van der Waals surface area contributed by atoms with Crippen molar-refractivity contribution in [2.75, 3.05) is 0 Å². The lowest BCUT2D eigenvalue weighted by Crippen LogP contribution is -2.67. The van der Waals surface area contributed by atoms with Gasteiger partial charge >= 0.3 is 5.97 Å². The Hall–Kier alpha value is -0.900. The number of ether oxygens (including phenoxy) is 1. The van der Waals surface area contributed by atoms with Gasteiger partial charge in [-0.3, -0.25) is 9.59 Å². The van der Waals surface area contributed by atoms with E-state index in [1.165, 1.54) is 6.42 Å². The zero-order valence-corrected chi connectivity index (χ0v) is 18.0. The smallest absolute Gasteiger partial charge is 0.306 e. The second-order valence-electron chi connectivity index (χ2n) is 12.8. The maximum Gasteiger partial charge on any atom is 0.306 e. The molecule has 158 valence electrons. The highest BCUT2D eigenvalue weighted by molar-refractivity contribution is 5.81. The molecule has 6 saturated carbocycles. The van der Waals surface area contributed by atoms with E-state index >= 15 is 0 Å². The van der Waals surface area contributed by atoms with Crippen molar-refractivity contribution in [3.8, 4) is 0 Å². The minimum Gasteiger partial charge on any atom is -0.458 e. The number of hydrogen-bond donors (Lipinski definition) is 1. The Morgan fingerprint density at radius 1 is 0.931 bits per heavy atom. The fourth-order valence-electron chi connectivity index (χ4n) is 10.8. The Morgan fingerprint density at radius 3 is 2.45 bits per heavy atom. The van der Waals surface area contributed by atoms with Crippen molar-refractivity contribution in [1.82, 2.24) is 0 Å². The number of hydrogen-bond acceptors (Lipinski definition) is 4. The van der Waals surface area contributed by atoms with Gasteiger partial charge in [-0.2, -0.15) is 0 Å². The fourth-order valence-corrected chi connectivity index (χ4v) is 10.8. The van der Waals surface area contributed by atoms with Crippen molar-refractivity contribution in [3.05, 3.63) is 0 Å². The summed E-state index contributed by atoms with van der Waals surface area (Å²) in [5.41, 5.74) is -1.18. The van der Waals surface area contributed by atoms with Gasteiger partial charge in [-0.05, 0) is 68.1 Å². The van der Waals surface area contributed by atoms with E-state index in [1.54, 1.807) is 0 Å². The van der Waals surface area contributed by atoms with Crippen molar-refractivity contribution < 1.29 is 19.4 Å². The molecule has 11 atom stereocenters. The third-order valence-corrected chi connectivity index (χ3v) is 12.3. The summed E-state index contributed by atoms with van der Waals surface area (Å²) in [6.07, 6.45) is 7.93. The summed E-state index contributed by atoms with van der Waals surface area (Å²) < 4.78 is 6.22. The molecule has 0 radical (unpaired) electrons. The first-order valence-corrected chi connectivity index (χ1v) is 12.1. The van der Waals surface area contributed by atoms with Crippen LogP contribution in [0.3, 0.4) is 0 Å². The average molecular weight is 399 g/mol. The molecule has 0 aromatic heterocycles. The molecule has 4 heteroatoms. The van der Waals surface area contributed by atoms with Crippen molar-refractivity contribution in [2.45, 2.75) is 89.8 Å². The predicted octanol–water partition coefficient (Wildman–Crippen LogP) is 3.89. The molecule has 0 amide bonds. The highest BCUT2D eigenvalue weighted by Crippen LogP contribution is 2.85. The number of fused-ring (bicyclic) bond motifs is 12. The molecule has 1 saturated heterocycles. The summed E-state index contributed by atoms with van der Waals surface area (Å²) in [6, 6.07) is 0. The largest absolute Gasteiger partial charge is 0.458 e. The lowest BCUT2D eigenvalue weighted by atomic mass is 9.40. The van der Waals surface area contributed by atoms with Gasteiger partial charge in [0.1, 0.15) is 11.4 Å². The van der Waals surface area contributed by atoms with E-state index in [0.717, 1.165) is 32.1 Å². The van der Waals surface area contributed by atoms with Crippen molar-refractivity contribution in [1.29, 1.82) is 0 Å². The number of Topliss-reactive ketones (excluding diaryl/α,β-unsaturated/α-hetero) is 1. The Labute approximate surface area is 173 Å². The molecule has 7 aliphatic rings. The summed E-state index contributed by atoms with van der Waals surface area (Å²) in [4.78, 5) is 24.6. The SMILES string of the molecule is CC12CCC3C(C1C1CC1C21CCC(=O)O1)C1CC1(C)C1(O)CC(=O)CCC31C. The minimum atomic E-state index is -0.825. The van der Waals surface area contributed by atoms with Gasteiger partial charge in [-0.15, -0.1) is 0 Å². The number of esters is 1. The molecule has 1 N–H and O–H groups in total. The number of carbonyl (C=O) groups is 2. The maximum atomic E-state index is 12.4. The summed E-state index contributed by atoms with van der Waals surface area (Å²) in [5, 5.41) is 12.1. The second-order valence-corrected chi connectivity index (χ2v) is 12.8. The monoisotopic (exact) mass is 398 g/mol. The minimum absolute atomic E-state index is 0.0201. The van der Waals surface area contributed by atoms with Crippen LogP contribution in [0.1, 0.15) is 78.6 Å². The number of rotatable bonds is 0. The van der Waals surface area contributed by atoms with Crippen molar-refractivity contribution in [2.24, 2.45) is 51.8 Å². The van der Waals surface area contributed by atoms with Gasteiger partial charge in [0.2, 0.25) is 0 Å². The molecular weight excluding hydrogens is 364 g/mol. The number of ketones is 1. The van der Waals surface area contributed by atoms with Gasteiger partial charge in [0.25, 0.3) is 0 Å². The molecular formula is C25H34O4. The van der Waals surface area contributed by atoms with Gasteiger partial charge in [0.05, 0.1) is 5.60 Å². The molecule has 4 nitrogen and oxygen atoms in total. The van der Waals surface area contributed by atoms with E-state index in [0.29, 0.717) is 54.8 Å². The van der Waals surface area contributed by atoms with E-state index in [4.69, 9.17) is 4.74 Å². The van der Waals surface area contributed by atoms with Crippen LogP contribution < -0.4 is 0 Å². The van der Waals surface area contributed by atoms with Crippen LogP contribution >= 0.6 is 0 Å². The first-order valence-electron chi connectivity index (χ1n) is 12.1. The van der Waals surface area contributed by atoms with E-state index in [1.807, 2.05) is 0 Å². The first kappa shape index (κ1) is 17.7. The van der Waals surface area contributed by atoms with Gasteiger partial charge in [0.15, 0.2) is 0 Å². The van der Waals surface area contributed by atoms with Crippen molar-refractivity contribution in [3.63, 3.8) is 0 Å². The zero-order chi connectivity index (χ0) is 20.2. The molecule has 11 unspecified atom stereocenters. The van der Waals surface area contributed by atoms with E-state index in [2.05, 4.69) is 20.8 Å². The van der Waals surface area contributed by atoms with Gasteiger partial charge in [0, 0.05) is 41.4 Å². The molecule has 6 aliphatic carbocycles. The number of carbonyl (C=O) groups excluding carboxylic acids is 2. The standard InChI is InChI=1S/C25H34O4/c1-21-7-4-13(26)11-25(21,28)23(3)12-17(23)19-15(21)5-8-22(2)20(19)14-10-16(14)24(22)9-6-18(27)29-24/h14-17,19-20,28H,4-12H2,1-3H3. The summed E-state index contributed by atoms with van der Waals surface area (Å²) in [7, 11) is 0. The van der Waals surface area contributed by atoms with Gasteiger partial charge in [-0.1, -0.05) is 20.8 Å². The lowest BCUT2D eigenvalue weighted by Gasteiger charge is -2.66. The molecule has 7 fully saturated rings. The highest BCUT2D eigenvalue weighted by atomic mass is 16.6. The average Bonchev–Trinajstić information content (AvgIpc) is 3.53. The van der Waals surface area contributed by atoms with Crippen LogP contribution in [0.25, 0.3) is 0 Å². The van der Waals surface area contributed by atoms with Crippen LogP contribution in [0, 0.1) is 51.8 Å². The van der Waals surface area contributed by atoms with Crippen LogP contribution in [0.2, 0.25) is 0 Å². The van der Waals surface area contributed by atoms with Crippen LogP contribution in [0.5, 0.6) is 0 Å². The van der Waals surface area contributed by atoms with Gasteiger partial charge < -0.3 is 9.84 Å². The molecule has 1 heterocycles. The van der Waals surface area contributed by atoms with E-state index in [9.17, 15) is 14.7 Å². The zero-order valence-electron chi connectivity index (χ0n) is 18.0. The Balaban J connectivity index is 1.35. The molecule has 0 aromatic carbocycles. The van der Waals surface area contributed by atoms with Crippen LogP contribution in [-0.4, -0.2) is 28.1 Å². The van der Waals surface area contributed by atoms with Gasteiger partial charge in [-0.25, -0.2) is 0 Å². The third-order valence-electron chi connectivity index (χ3n) is 12.3. The van der Waals surface area contributed by atoms with E-state index in [-0.39, 0.29) is 33.6 Å². The molecule has 1 aliphatic heterocycles. The fraction of sp³-hybridized carbons (Fsp3) is 0.920. The van der Waals surface area contributed by atoms with E-state index < -0.39 is 5.60 Å². The molecule has 0 bridgehead atoms. The Morgan fingerprint density at radius 2 is 1.72 bits per heavy atom. The Bertz CT molecular complexity index is 867. The predicted molar refractivity (Wildman–Crippen MR) is 106 cm³/mol. The molecule has 0 aromatic rings. The molecule has 1 spiro atoms. The third kappa shape index (κ3) is 1.61. The van der Waals surface area contributed by atoms with Crippen LogP contribution in [0.15, 0.2) is 0 Å². The quantitative estimate of drug-likeness (QED) is 0.629. The lowest BCUT2D eigenvalue weighted by molar-refractivity contribution is -0.242. The molecule has 29 heavy (non-hydrogen) atoms. The highest BCUT2D eigenvalue weighted by Gasteiger charge is 2.85. The maximum absolute atomic E-state index is 12.4. The summed E-state index contributed by atoms with van der Waals surface area (Å²) in [5.74, 6) is 3.87.